The molecule has 2 heterocycles. The number of carboxylic acid groups (broad SMARTS) is 1. The quantitative estimate of drug-likeness (QED) is 0.713. The molecule has 0 atom stereocenters. The Morgan fingerprint density at radius 1 is 1.35 bits per heavy atom. The minimum Gasteiger partial charge on any atom is -0.487 e. The van der Waals surface area contributed by atoms with Crippen molar-refractivity contribution in [2.24, 2.45) is 0 Å². The topological polar surface area (TPSA) is 77.2 Å². The van der Waals surface area contributed by atoms with Crippen LogP contribution in [0.15, 0.2) is 30.5 Å². The minimum atomic E-state index is -1.18. The highest BCUT2D eigenvalue weighted by Gasteiger charge is 2.22. The summed E-state index contributed by atoms with van der Waals surface area (Å²) < 4.78 is 6.90. The molecule has 136 valence electrons. The second kappa shape index (κ2) is 6.61. The number of aryl methyl sites for hydroxylation is 1. The van der Waals surface area contributed by atoms with Crippen LogP contribution in [0, 0.1) is 6.92 Å². The Labute approximate surface area is 156 Å². The molecule has 3 aromatic rings. The van der Waals surface area contributed by atoms with Gasteiger partial charge in [-0.2, -0.15) is 5.10 Å². The van der Waals surface area contributed by atoms with Gasteiger partial charge < -0.3 is 9.84 Å². The SMILES string of the molecule is Cc1cc(OCc2nn(C(=O)O)c3ncccc23)c(C(C)(C)C)cc1Cl. The number of benzene rings is 1. The predicted octanol–water partition coefficient (Wildman–Crippen LogP) is 4.80. The number of nitrogens with zero attached hydrogens (tertiary/aromatic N) is 3. The average Bonchev–Trinajstić information content (AvgIpc) is 2.94. The first-order valence-electron chi connectivity index (χ1n) is 8.18. The van der Waals surface area contributed by atoms with Gasteiger partial charge in [0.2, 0.25) is 0 Å². The number of rotatable bonds is 3. The van der Waals surface area contributed by atoms with Crippen molar-refractivity contribution in [1.82, 2.24) is 14.8 Å². The summed E-state index contributed by atoms with van der Waals surface area (Å²) in [7, 11) is 0. The highest BCUT2D eigenvalue weighted by Crippen LogP contribution is 2.36. The molecule has 0 amide bonds. The van der Waals surface area contributed by atoms with Crippen LogP contribution < -0.4 is 4.74 Å². The summed E-state index contributed by atoms with van der Waals surface area (Å²) in [5.41, 5.74) is 2.55. The third-order valence-electron chi connectivity index (χ3n) is 4.13. The van der Waals surface area contributed by atoms with Gasteiger partial charge in [-0.1, -0.05) is 32.4 Å². The normalized spacial score (nSPS) is 11.7. The smallest absolute Gasteiger partial charge is 0.434 e. The highest BCUT2D eigenvalue weighted by molar-refractivity contribution is 6.31. The molecule has 3 rings (SSSR count). The van der Waals surface area contributed by atoms with Crippen molar-refractivity contribution in [2.45, 2.75) is 39.7 Å². The molecule has 0 unspecified atom stereocenters. The summed E-state index contributed by atoms with van der Waals surface area (Å²) >= 11 is 6.28. The number of halogens is 1. The summed E-state index contributed by atoms with van der Waals surface area (Å²) in [6.07, 6.45) is 0.353. The largest absolute Gasteiger partial charge is 0.487 e. The third kappa shape index (κ3) is 3.37. The lowest BCUT2D eigenvalue weighted by molar-refractivity contribution is 0.193. The number of ether oxygens (including phenoxy) is 1. The first kappa shape index (κ1) is 18.2. The van der Waals surface area contributed by atoms with E-state index in [2.05, 4.69) is 30.9 Å². The van der Waals surface area contributed by atoms with Gasteiger partial charge in [0, 0.05) is 22.2 Å². The zero-order chi connectivity index (χ0) is 19.1. The number of hydrogen-bond donors (Lipinski definition) is 1. The molecule has 6 nitrogen and oxygen atoms in total. The van der Waals surface area contributed by atoms with Gasteiger partial charge in [-0.25, -0.2) is 9.78 Å². The van der Waals surface area contributed by atoms with Crippen LogP contribution in [0.25, 0.3) is 11.0 Å². The molecule has 0 radical (unpaired) electrons. The van der Waals surface area contributed by atoms with Gasteiger partial charge >= 0.3 is 6.09 Å². The van der Waals surface area contributed by atoms with Crippen LogP contribution in [-0.2, 0) is 12.0 Å². The van der Waals surface area contributed by atoms with E-state index in [4.69, 9.17) is 16.3 Å². The Hall–Kier alpha value is -2.60. The zero-order valence-electron chi connectivity index (χ0n) is 15.1. The molecule has 1 aromatic carbocycles. The lowest BCUT2D eigenvalue weighted by Crippen LogP contribution is -2.14. The predicted molar refractivity (Wildman–Crippen MR) is 100 cm³/mol. The maximum atomic E-state index is 11.4. The van der Waals surface area contributed by atoms with E-state index in [1.165, 1.54) is 6.20 Å². The lowest BCUT2D eigenvalue weighted by Gasteiger charge is -2.23. The first-order chi connectivity index (χ1) is 12.2. The van der Waals surface area contributed by atoms with Gasteiger partial charge in [0.15, 0.2) is 5.65 Å². The van der Waals surface area contributed by atoms with Crippen LogP contribution in [0.1, 0.15) is 37.6 Å². The Balaban J connectivity index is 1.99. The molecule has 0 saturated heterocycles. The summed E-state index contributed by atoms with van der Waals surface area (Å²) in [5.74, 6) is 0.710. The second-order valence-corrected chi connectivity index (χ2v) is 7.56. The summed E-state index contributed by atoms with van der Waals surface area (Å²) in [5, 5.41) is 14.8. The monoisotopic (exact) mass is 373 g/mol. The van der Waals surface area contributed by atoms with Crippen molar-refractivity contribution in [1.29, 1.82) is 0 Å². The van der Waals surface area contributed by atoms with E-state index in [1.807, 2.05) is 19.1 Å². The fourth-order valence-corrected chi connectivity index (χ4v) is 2.92. The standard InChI is InChI=1S/C19H20ClN3O3/c1-11-8-16(13(9-14(11)20)19(2,3)4)26-10-15-12-6-5-7-21-17(12)23(22-15)18(24)25/h5-9H,10H2,1-4H3,(H,24,25). The van der Waals surface area contributed by atoms with E-state index in [1.54, 1.807) is 12.1 Å². The van der Waals surface area contributed by atoms with Crippen molar-refractivity contribution >= 4 is 28.7 Å². The van der Waals surface area contributed by atoms with Crippen molar-refractivity contribution in [3.05, 3.63) is 52.3 Å². The van der Waals surface area contributed by atoms with Gasteiger partial charge in [0.25, 0.3) is 0 Å². The first-order valence-corrected chi connectivity index (χ1v) is 8.55. The lowest BCUT2D eigenvalue weighted by atomic mass is 9.86. The van der Waals surface area contributed by atoms with Gasteiger partial charge in [-0.3, -0.25) is 0 Å². The van der Waals surface area contributed by atoms with Crippen LogP contribution in [-0.4, -0.2) is 26.0 Å². The van der Waals surface area contributed by atoms with Gasteiger partial charge in [0.1, 0.15) is 18.1 Å². The van der Waals surface area contributed by atoms with Crippen LogP contribution in [0.4, 0.5) is 4.79 Å². The molecule has 0 aliphatic heterocycles. The van der Waals surface area contributed by atoms with E-state index in [-0.39, 0.29) is 12.0 Å². The van der Waals surface area contributed by atoms with Crippen molar-refractivity contribution in [3.63, 3.8) is 0 Å². The Bertz CT molecular complexity index is 990. The van der Waals surface area contributed by atoms with E-state index < -0.39 is 6.09 Å². The molecule has 0 aliphatic rings. The molecule has 0 spiro atoms. The second-order valence-electron chi connectivity index (χ2n) is 7.15. The summed E-state index contributed by atoms with van der Waals surface area (Å²) in [4.78, 5) is 15.5. The number of fused-ring (bicyclic) bond motifs is 1. The van der Waals surface area contributed by atoms with Crippen LogP contribution >= 0.6 is 11.6 Å². The molecule has 0 bridgehead atoms. The number of pyridine rings is 1. The Kier molecular flexibility index (Phi) is 4.63. The summed E-state index contributed by atoms with van der Waals surface area (Å²) in [6, 6.07) is 7.34. The average molecular weight is 374 g/mol. The fraction of sp³-hybridized carbons (Fsp3) is 0.316. The molecule has 2 aromatic heterocycles. The molecular weight excluding hydrogens is 354 g/mol. The van der Waals surface area contributed by atoms with Gasteiger partial charge in [0.05, 0.1) is 0 Å². The fourth-order valence-electron chi connectivity index (χ4n) is 2.76. The summed E-state index contributed by atoms with van der Waals surface area (Å²) in [6.45, 7) is 8.30. The molecule has 7 heteroatoms. The Morgan fingerprint density at radius 3 is 2.73 bits per heavy atom. The van der Waals surface area contributed by atoms with Crippen LogP contribution in [0.3, 0.4) is 0 Å². The molecule has 0 aliphatic carbocycles. The van der Waals surface area contributed by atoms with Crippen molar-refractivity contribution < 1.29 is 14.6 Å². The third-order valence-corrected chi connectivity index (χ3v) is 4.54. The molecule has 26 heavy (non-hydrogen) atoms. The van der Waals surface area contributed by atoms with E-state index in [0.717, 1.165) is 15.8 Å². The highest BCUT2D eigenvalue weighted by atomic mass is 35.5. The minimum absolute atomic E-state index is 0.132. The molecule has 0 fully saturated rings. The van der Waals surface area contributed by atoms with E-state index >= 15 is 0 Å². The number of hydrogen-bond acceptors (Lipinski definition) is 4. The van der Waals surface area contributed by atoms with E-state index in [9.17, 15) is 9.90 Å². The van der Waals surface area contributed by atoms with Crippen molar-refractivity contribution in [2.75, 3.05) is 0 Å². The van der Waals surface area contributed by atoms with Gasteiger partial charge in [-0.05, 0) is 42.2 Å². The molecule has 1 N–H and O–H groups in total. The van der Waals surface area contributed by atoms with E-state index in [0.29, 0.717) is 27.5 Å². The maximum absolute atomic E-state index is 11.4. The molecular formula is C19H20ClN3O3. The zero-order valence-corrected chi connectivity index (χ0v) is 15.8. The number of aromatic nitrogens is 3. The molecule has 0 saturated carbocycles. The number of carbonyl (C=O) groups is 1. The van der Waals surface area contributed by atoms with Gasteiger partial charge in [-0.15, -0.1) is 4.68 Å². The Morgan fingerprint density at radius 2 is 2.08 bits per heavy atom. The van der Waals surface area contributed by atoms with Crippen LogP contribution in [0.2, 0.25) is 5.02 Å². The van der Waals surface area contributed by atoms with Crippen molar-refractivity contribution in [3.8, 4) is 5.75 Å². The maximum Gasteiger partial charge on any atom is 0.434 e. The van der Waals surface area contributed by atoms with Crippen LogP contribution in [0.5, 0.6) is 5.75 Å².